The monoisotopic (exact) mass is 469 g/mol. The number of carbonyl (C=O) groups is 2. The quantitative estimate of drug-likeness (QED) is 0.319. The number of hydrogen-bond acceptors (Lipinski definition) is 5. The Labute approximate surface area is 203 Å². The number of carboxylic acids is 1. The van der Waals surface area contributed by atoms with Crippen molar-refractivity contribution in [2.24, 2.45) is 0 Å². The van der Waals surface area contributed by atoms with Gasteiger partial charge in [-0.1, -0.05) is 24.3 Å². The molecule has 3 aromatic carbocycles. The Morgan fingerprint density at radius 3 is 2.20 bits per heavy atom. The highest BCUT2D eigenvalue weighted by atomic mass is 16.5. The van der Waals surface area contributed by atoms with Crippen molar-refractivity contribution in [3.05, 3.63) is 108 Å². The lowest BCUT2D eigenvalue weighted by Gasteiger charge is -2.35. The molecule has 0 aliphatic rings. The number of aromatic carboxylic acids is 1. The van der Waals surface area contributed by atoms with E-state index in [2.05, 4.69) is 4.98 Å². The maximum absolute atomic E-state index is 14.5. The van der Waals surface area contributed by atoms with Gasteiger partial charge in [0.05, 0.1) is 24.8 Å². The van der Waals surface area contributed by atoms with Crippen LogP contribution in [0.5, 0.6) is 11.5 Å². The number of pyridine rings is 1. The average molecular weight is 470 g/mol. The fraction of sp³-hybridized carbons (Fsp3) is 0.107. The highest BCUT2D eigenvalue weighted by Gasteiger charge is 2.46. The molecule has 0 aliphatic carbocycles. The van der Waals surface area contributed by atoms with Crippen LogP contribution in [-0.2, 0) is 0 Å². The zero-order valence-corrected chi connectivity index (χ0v) is 19.4. The maximum Gasteiger partial charge on any atom is 0.362 e. The molecule has 1 heterocycles. The van der Waals surface area contributed by atoms with Gasteiger partial charge in [-0.2, -0.15) is 4.48 Å². The number of benzene rings is 3. The van der Waals surface area contributed by atoms with Crippen molar-refractivity contribution in [2.75, 3.05) is 13.7 Å². The second-order valence-corrected chi connectivity index (χ2v) is 7.68. The van der Waals surface area contributed by atoms with Crippen LogP contribution in [0.25, 0.3) is 0 Å². The summed E-state index contributed by atoms with van der Waals surface area (Å²) in [4.78, 5) is 30.5. The first kappa shape index (κ1) is 23.7. The predicted octanol–water partition coefficient (Wildman–Crippen LogP) is 6.00. The lowest BCUT2D eigenvalue weighted by Crippen LogP contribution is -2.45. The summed E-state index contributed by atoms with van der Waals surface area (Å²) in [5.74, 6) is -0.398. The minimum absolute atomic E-state index is 0.0680. The van der Waals surface area contributed by atoms with Crippen molar-refractivity contribution in [3.63, 3.8) is 0 Å². The van der Waals surface area contributed by atoms with Gasteiger partial charge < -0.3 is 14.6 Å². The minimum Gasteiger partial charge on any atom is -0.493 e. The van der Waals surface area contributed by atoms with Crippen molar-refractivity contribution in [1.82, 2.24) is 9.47 Å². The first-order valence-corrected chi connectivity index (χ1v) is 11.1. The summed E-state index contributed by atoms with van der Waals surface area (Å²) < 4.78 is 10.9. The van der Waals surface area contributed by atoms with Crippen molar-refractivity contribution >= 4 is 28.9 Å². The molecule has 0 saturated heterocycles. The molecule has 0 fully saturated rings. The average Bonchev–Trinajstić information content (AvgIpc) is 2.91. The minimum atomic E-state index is -1.09. The van der Waals surface area contributed by atoms with Crippen LogP contribution in [-0.4, -0.2) is 35.7 Å². The van der Waals surface area contributed by atoms with Crippen LogP contribution < -0.4 is 14.0 Å². The van der Waals surface area contributed by atoms with Gasteiger partial charge in [-0.15, -0.1) is 0 Å². The highest BCUT2D eigenvalue weighted by molar-refractivity contribution is 6.11. The Morgan fingerprint density at radius 1 is 0.829 bits per heavy atom. The molecule has 0 aliphatic heterocycles. The van der Waals surface area contributed by atoms with Gasteiger partial charge in [0.15, 0.2) is 28.6 Å². The molecule has 0 radical (unpaired) electrons. The van der Waals surface area contributed by atoms with Gasteiger partial charge in [0.2, 0.25) is 0 Å². The fourth-order valence-corrected chi connectivity index (χ4v) is 4.12. The number of nitrogens with zero attached hydrogens (tertiary/aromatic N) is 2. The molecule has 7 nitrogen and oxygen atoms in total. The number of aromatic nitrogens is 1. The van der Waals surface area contributed by atoms with E-state index in [0.29, 0.717) is 40.7 Å². The van der Waals surface area contributed by atoms with Crippen LogP contribution in [0.15, 0.2) is 97.3 Å². The van der Waals surface area contributed by atoms with Crippen LogP contribution in [0.4, 0.5) is 17.1 Å². The van der Waals surface area contributed by atoms with Crippen LogP contribution in [0.3, 0.4) is 0 Å². The molecule has 4 rings (SSSR count). The molecule has 1 aromatic heterocycles. The number of amides is 1. The van der Waals surface area contributed by atoms with Crippen molar-refractivity contribution < 1.29 is 24.2 Å². The normalized spacial score (nSPS) is 12.4. The molecular formula is C28H25N2O5+. The molecule has 1 unspecified atom stereocenters. The molecule has 0 saturated carbocycles. The van der Waals surface area contributed by atoms with E-state index in [4.69, 9.17) is 9.47 Å². The third-order valence-electron chi connectivity index (χ3n) is 5.67. The Bertz CT molecular complexity index is 1340. The standard InChI is InChI=1S/C28H24N2O5/c1-3-35-26-18-24(14-15-25(26)34-2)30(22-11-5-4-6-12-22,27(31)21-10-8-16-29-19-21)23-13-7-9-20(17-23)28(32)33/h4-19H,3H2,1-2H3/p+1. The number of hydrogen-bond donors (Lipinski definition) is 1. The topological polar surface area (TPSA) is 85.7 Å². The predicted molar refractivity (Wildman–Crippen MR) is 134 cm³/mol. The van der Waals surface area contributed by atoms with E-state index < -0.39 is 10.5 Å². The zero-order valence-electron chi connectivity index (χ0n) is 19.4. The van der Waals surface area contributed by atoms with E-state index in [9.17, 15) is 14.7 Å². The Kier molecular flexibility index (Phi) is 6.89. The Morgan fingerprint density at radius 2 is 1.54 bits per heavy atom. The van der Waals surface area contributed by atoms with E-state index in [1.54, 1.807) is 55.8 Å². The van der Waals surface area contributed by atoms with Gasteiger partial charge in [0, 0.05) is 48.8 Å². The molecule has 1 N–H and O–H groups in total. The lowest BCUT2D eigenvalue weighted by molar-refractivity contribution is 0.0695. The summed E-state index contributed by atoms with van der Waals surface area (Å²) in [6.07, 6.45) is 3.10. The zero-order chi connectivity index (χ0) is 24.8. The largest absolute Gasteiger partial charge is 0.493 e. The van der Waals surface area contributed by atoms with E-state index in [0.717, 1.165) is 0 Å². The third kappa shape index (κ3) is 4.37. The number of carbonyl (C=O) groups excluding carboxylic acids is 1. The second-order valence-electron chi connectivity index (χ2n) is 7.68. The first-order chi connectivity index (χ1) is 17.0. The number of rotatable bonds is 8. The van der Waals surface area contributed by atoms with Crippen molar-refractivity contribution in [2.45, 2.75) is 6.92 Å². The van der Waals surface area contributed by atoms with Gasteiger partial charge in [-0.05, 0) is 31.2 Å². The van der Waals surface area contributed by atoms with E-state index in [1.165, 1.54) is 18.3 Å². The molecular weight excluding hydrogens is 444 g/mol. The molecule has 0 spiro atoms. The summed E-state index contributed by atoms with van der Waals surface area (Å²) in [6, 6.07) is 24.3. The highest BCUT2D eigenvalue weighted by Crippen LogP contribution is 2.48. The van der Waals surface area contributed by atoms with Crippen molar-refractivity contribution in [1.29, 1.82) is 0 Å². The summed E-state index contributed by atoms with van der Waals surface area (Å²) in [5.41, 5.74) is 2.07. The number of methoxy groups -OCH3 is 1. The van der Waals surface area contributed by atoms with Gasteiger partial charge in [0.1, 0.15) is 0 Å². The number of carboxylic acid groups (broad SMARTS) is 1. The summed E-state index contributed by atoms with van der Waals surface area (Å²) in [7, 11) is 1.55. The van der Waals surface area contributed by atoms with Crippen LogP contribution in [0.1, 0.15) is 27.6 Å². The molecule has 1 atom stereocenters. The van der Waals surface area contributed by atoms with Gasteiger partial charge in [-0.25, -0.2) is 9.59 Å². The third-order valence-corrected chi connectivity index (χ3v) is 5.67. The summed E-state index contributed by atoms with van der Waals surface area (Å²) in [5, 5.41) is 9.72. The van der Waals surface area contributed by atoms with E-state index in [-0.39, 0.29) is 11.5 Å². The van der Waals surface area contributed by atoms with Gasteiger partial charge in [-0.3, -0.25) is 4.98 Å². The van der Waals surface area contributed by atoms with Crippen molar-refractivity contribution in [3.8, 4) is 11.5 Å². The molecule has 176 valence electrons. The van der Waals surface area contributed by atoms with Gasteiger partial charge in [0.25, 0.3) is 0 Å². The first-order valence-electron chi connectivity index (χ1n) is 11.1. The van der Waals surface area contributed by atoms with Crippen LogP contribution in [0.2, 0.25) is 0 Å². The molecule has 1 amide bonds. The SMILES string of the molecule is CCOc1cc([N+](C(=O)c2cccnc2)(c2ccccc2)c2cccc(C(=O)O)c2)ccc1OC. The van der Waals surface area contributed by atoms with Gasteiger partial charge >= 0.3 is 11.9 Å². The molecule has 0 bridgehead atoms. The molecule has 35 heavy (non-hydrogen) atoms. The van der Waals surface area contributed by atoms with E-state index >= 15 is 0 Å². The van der Waals surface area contributed by atoms with E-state index in [1.807, 2.05) is 37.3 Å². The summed E-state index contributed by atoms with van der Waals surface area (Å²) >= 11 is 0. The number of para-hydroxylation sites is 1. The maximum atomic E-state index is 14.5. The summed E-state index contributed by atoms with van der Waals surface area (Å²) in [6.45, 7) is 2.26. The second kappa shape index (κ2) is 10.2. The lowest BCUT2D eigenvalue weighted by atomic mass is 10.0. The smallest absolute Gasteiger partial charge is 0.362 e. The Hall–Kier alpha value is -4.49. The number of ether oxygens (including phenoxy) is 2. The fourth-order valence-electron chi connectivity index (χ4n) is 4.12. The molecule has 7 heteroatoms. The van der Waals surface area contributed by atoms with Crippen LogP contribution >= 0.6 is 0 Å². The van der Waals surface area contributed by atoms with Crippen LogP contribution in [0, 0.1) is 0 Å². The Balaban J connectivity index is 2.13. The number of quaternary nitrogens is 1. The molecule has 4 aromatic rings.